The van der Waals surface area contributed by atoms with Crippen molar-refractivity contribution in [3.05, 3.63) is 192 Å². The van der Waals surface area contributed by atoms with Crippen LogP contribution in [0, 0.1) is 12.1 Å². The van der Waals surface area contributed by atoms with Gasteiger partial charge in [0, 0.05) is 33.7 Å². The first-order chi connectivity index (χ1) is 26.7. The van der Waals surface area contributed by atoms with Gasteiger partial charge in [0.05, 0.1) is 22.4 Å². The predicted molar refractivity (Wildman–Crippen MR) is 215 cm³/mol. The molecule has 7 aromatic carbocycles. The van der Waals surface area contributed by atoms with Crippen molar-refractivity contribution in [2.75, 3.05) is 0 Å². The van der Waals surface area contributed by atoms with Crippen molar-refractivity contribution in [2.24, 2.45) is 0 Å². The molecule has 4 heterocycles. The van der Waals surface area contributed by atoms with Crippen molar-refractivity contribution in [3.63, 3.8) is 0 Å². The second-order valence-electron chi connectivity index (χ2n) is 13.4. The van der Waals surface area contributed by atoms with E-state index in [0.29, 0.717) is 17.2 Å². The fraction of sp³-hybridized carbons (Fsp3) is 0. The van der Waals surface area contributed by atoms with E-state index in [4.69, 9.17) is 9.72 Å². The molecule has 0 N–H and O–H groups in total. The molecule has 1 aliphatic rings. The quantitative estimate of drug-likeness (QED) is 0.154. The van der Waals surface area contributed by atoms with E-state index in [2.05, 4.69) is 83.4 Å². The van der Waals surface area contributed by atoms with Crippen molar-refractivity contribution in [2.45, 2.75) is 0 Å². The molecule has 262 valence electrons. The number of hydrogen-bond donors (Lipinski definition) is 0. The maximum absolute atomic E-state index is 15.2. The summed E-state index contributed by atoms with van der Waals surface area (Å²) in [5.74, 6) is 1.75. The van der Waals surface area contributed by atoms with Crippen LogP contribution in [0.1, 0.15) is 0 Å². The van der Waals surface area contributed by atoms with Crippen LogP contribution < -0.4 is 10.4 Å². The number of aromatic nitrogens is 4. The minimum absolute atomic E-state index is 0. The van der Waals surface area contributed by atoms with E-state index in [1.54, 1.807) is 4.57 Å². The fourth-order valence-corrected chi connectivity index (χ4v) is 8.01. The molecule has 0 radical (unpaired) electrons. The summed E-state index contributed by atoms with van der Waals surface area (Å²) in [5, 5.41) is 2.14. The SMILES string of the molecule is O=c1n2c3ccccc3n1-c1c(-c3ccccc3)cccc1-c1ccccc1-c1cccc(n1)-n1c3[c-]c(ccc3c3ccccc31)Oc1[c-]c-2ccc1.[Pt+2]. The first kappa shape index (κ1) is 32.9. The number of para-hydroxylation sites is 4. The number of fused-ring (bicyclic) bond motifs is 20. The van der Waals surface area contributed by atoms with E-state index in [9.17, 15) is 0 Å². The van der Waals surface area contributed by atoms with Crippen molar-refractivity contribution in [1.82, 2.24) is 18.7 Å². The van der Waals surface area contributed by atoms with Gasteiger partial charge < -0.3 is 9.30 Å². The Morgan fingerprint density at radius 3 is 1.98 bits per heavy atom. The molecule has 10 aromatic rings. The van der Waals surface area contributed by atoms with Crippen LogP contribution in [0.4, 0.5) is 0 Å². The minimum Gasteiger partial charge on any atom is -0.509 e. The first-order valence-electron chi connectivity index (χ1n) is 17.9. The number of hydrogen-bond acceptors (Lipinski definition) is 3. The van der Waals surface area contributed by atoms with Gasteiger partial charge in [-0.25, -0.2) is 9.78 Å². The molecule has 0 aliphatic carbocycles. The molecule has 8 bridgehead atoms. The molecule has 0 fully saturated rings. The second-order valence-corrected chi connectivity index (χ2v) is 13.4. The van der Waals surface area contributed by atoms with Gasteiger partial charge in [0.1, 0.15) is 5.82 Å². The van der Waals surface area contributed by atoms with Crippen LogP contribution in [0.2, 0.25) is 0 Å². The Morgan fingerprint density at radius 2 is 1.13 bits per heavy atom. The zero-order valence-corrected chi connectivity index (χ0v) is 31.4. The van der Waals surface area contributed by atoms with Gasteiger partial charge in [-0.3, -0.25) is 9.13 Å². The van der Waals surface area contributed by atoms with E-state index < -0.39 is 0 Å². The maximum Gasteiger partial charge on any atom is 2.00 e. The molecule has 11 rings (SSSR count). The molecule has 0 unspecified atom stereocenters. The molecule has 0 atom stereocenters. The van der Waals surface area contributed by atoms with Crippen LogP contribution in [0.15, 0.2) is 175 Å². The smallest absolute Gasteiger partial charge is 0.509 e. The molecule has 1 aliphatic heterocycles. The molecular weight excluding hydrogens is 860 g/mol. The summed E-state index contributed by atoms with van der Waals surface area (Å²) in [7, 11) is 0. The van der Waals surface area contributed by atoms with Gasteiger partial charge in [-0.05, 0) is 46.8 Å². The summed E-state index contributed by atoms with van der Waals surface area (Å²) < 4.78 is 12.2. The van der Waals surface area contributed by atoms with E-state index >= 15 is 4.79 Å². The average Bonchev–Trinajstić information content (AvgIpc) is 3.71. The van der Waals surface area contributed by atoms with Gasteiger partial charge in [-0.1, -0.05) is 120 Å². The third-order valence-electron chi connectivity index (χ3n) is 10.3. The summed E-state index contributed by atoms with van der Waals surface area (Å²) in [4.78, 5) is 20.5. The third-order valence-corrected chi connectivity index (χ3v) is 10.3. The Labute approximate surface area is 330 Å². The molecule has 0 saturated carbocycles. The molecule has 6 nitrogen and oxygen atoms in total. The van der Waals surface area contributed by atoms with Crippen LogP contribution in [-0.2, 0) is 21.1 Å². The first-order valence-corrected chi connectivity index (χ1v) is 17.9. The van der Waals surface area contributed by atoms with E-state index in [1.165, 1.54) is 0 Å². The third kappa shape index (κ3) is 5.14. The Hall–Kier alpha value is -6.75. The van der Waals surface area contributed by atoms with Crippen LogP contribution in [0.3, 0.4) is 0 Å². The van der Waals surface area contributed by atoms with Gasteiger partial charge in [-0.15, -0.1) is 35.7 Å². The van der Waals surface area contributed by atoms with Crippen molar-refractivity contribution >= 4 is 32.8 Å². The summed E-state index contributed by atoms with van der Waals surface area (Å²) in [6.07, 6.45) is 0. The van der Waals surface area contributed by atoms with Crippen LogP contribution in [0.5, 0.6) is 11.5 Å². The zero-order valence-electron chi connectivity index (χ0n) is 29.1. The maximum atomic E-state index is 15.2. The van der Waals surface area contributed by atoms with Crippen molar-refractivity contribution < 1.29 is 25.8 Å². The number of nitrogens with zero attached hydrogens (tertiary/aromatic N) is 4. The van der Waals surface area contributed by atoms with Gasteiger partial charge >= 0.3 is 26.8 Å². The monoisotopic (exact) mass is 887 g/mol. The molecule has 3 aromatic heterocycles. The summed E-state index contributed by atoms with van der Waals surface area (Å²) in [6, 6.07) is 63.8. The predicted octanol–water partition coefficient (Wildman–Crippen LogP) is 11.0. The standard InChI is InChI=1S/C48H28N4O2.Pt/c53-48-50-32-15-10-16-33(29-32)54-34-27-28-39-38-19-6-7-23-42(38)51(45(39)30-34)46-26-12-22-41(49-46)37-18-5-4-17-36(37)40-21-11-20-35(31-13-2-1-3-14-31)47(40)52(48)44-25-9-8-24-43(44)50;/h1-28H;/q-2;+2. The van der Waals surface area contributed by atoms with E-state index in [-0.39, 0.29) is 26.8 Å². The van der Waals surface area contributed by atoms with Crippen LogP contribution in [0.25, 0.3) is 83.5 Å². The molecule has 0 spiro atoms. The Kier molecular flexibility index (Phi) is 7.75. The normalized spacial score (nSPS) is 11.7. The fourth-order valence-electron chi connectivity index (χ4n) is 8.01. The Morgan fingerprint density at radius 1 is 0.473 bits per heavy atom. The Bertz CT molecular complexity index is 3180. The number of imidazole rings is 1. The van der Waals surface area contributed by atoms with E-state index in [0.717, 1.165) is 77.9 Å². The molecule has 55 heavy (non-hydrogen) atoms. The number of pyridine rings is 1. The summed E-state index contributed by atoms with van der Waals surface area (Å²) in [5.41, 5.74) is 10.1. The van der Waals surface area contributed by atoms with Crippen LogP contribution >= 0.6 is 0 Å². The molecule has 0 saturated heterocycles. The zero-order chi connectivity index (χ0) is 35.8. The second kappa shape index (κ2) is 13.0. The van der Waals surface area contributed by atoms with Gasteiger partial charge in [0.25, 0.3) is 0 Å². The van der Waals surface area contributed by atoms with Crippen molar-refractivity contribution in [1.29, 1.82) is 0 Å². The van der Waals surface area contributed by atoms with Crippen molar-refractivity contribution in [3.8, 4) is 62.2 Å². The molecular formula is C48H28N4O2Pt. The topological polar surface area (TPSA) is 54.0 Å². The average molecular weight is 888 g/mol. The Balaban J connectivity index is 0.00000372. The molecule has 7 heteroatoms. The number of benzene rings is 7. The van der Waals surface area contributed by atoms with E-state index in [1.807, 2.05) is 108 Å². The number of ether oxygens (including phenoxy) is 1. The molecule has 0 amide bonds. The summed E-state index contributed by atoms with van der Waals surface area (Å²) >= 11 is 0. The van der Waals surface area contributed by atoms with Gasteiger partial charge in [0.15, 0.2) is 0 Å². The number of rotatable bonds is 1. The minimum atomic E-state index is -0.217. The van der Waals surface area contributed by atoms with Gasteiger partial charge in [-0.2, -0.15) is 12.1 Å². The largest absolute Gasteiger partial charge is 2.00 e. The van der Waals surface area contributed by atoms with Gasteiger partial charge in [0.2, 0.25) is 0 Å². The summed E-state index contributed by atoms with van der Waals surface area (Å²) in [6.45, 7) is 0. The van der Waals surface area contributed by atoms with Crippen LogP contribution in [-0.4, -0.2) is 18.7 Å².